The molecule has 7 heteroatoms. The van der Waals surface area contributed by atoms with Gasteiger partial charge in [-0.1, -0.05) is 58.4 Å². The third-order valence-corrected chi connectivity index (χ3v) is 6.70. The summed E-state index contributed by atoms with van der Waals surface area (Å²) in [4.78, 5) is 12.6. The molecule has 4 rings (SSSR count). The highest BCUT2D eigenvalue weighted by atomic mass is 79.9. The molecule has 1 heterocycles. The number of alkyl halides is 1. The Balaban J connectivity index is 1.59. The minimum atomic E-state index is -0.565. The zero-order chi connectivity index (χ0) is 22.0. The second-order valence-corrected chi connectivity index (χ2v) is 8.73. The quantitative estimate of drug-likeness (QED) is 0.348. The number of ether oxygens (including phenoxy) is 4. The fourth-order valence-electron chi connectivity index (χ4n) is 3.44. The molecule has 0 aromatic heterocycles. The number of benzene rings is 3. The Labute approximate surface area is 197 Å². The SMILES string of the molecule is COc1cc(OC)c2c(c1Br)OC(c1ccc(OCc3ccccc3)cc1)C(Br)C2=O. The molecule has 0 radical (unpaired) electrons. The first-order valence-corrected chi connectivity index (χ1v) is 11.3. The first-order chi connectivity index (χ1) is 15.0. The summed E-state index contributed by atoms with van der Waals surface area (Å²) < 4.78 is 23.5. The van der Waals surface area contributed by atoms with Gasteiger partial charge >= 0.3 is 0 Å². The van der Waals surface area contributed by atoms with E-state index >= 15 is 0 Å². The molecule has 5 nitrogen and oxygen atoms in total. The van der Waals surface area contributed by atoms with E-state index < -0.39 is 10.9 Å². The lowest BCUT2D eigenvalue weighted by Crippen LogP contribution is -2.32. The molecule has 2 unspecified atom stereocenters. The van der Waals surface area contributed by atoms with E-state index in [1.807, 2.05) is 54.6 Å². The minimum Gasteiger partial charge on any atom is -0.496 e. The lowest BCUT2D eigenvalue weighted by Gasteiger charge is -2.31. The largest absolute Gasteiger partial charge is 0.496 e. The highest BCUT2D eigenvalue weighted by Crippen LogP contribution is 2.49. The molecule has 3 aromatic carbocycles. The molecule has 160 valence electrons. The van der Waals surface area contributed by atoms with Crippen molar-refractivity contribution in [3.05, 3.63) is 81.8 Å². The lowest BCUT2D eigenvalue weighted by molar-refractivity contribution is 0.0865. The number of hydrogen-bond donors (Lipinski definition) is 0. The van der Waals surface area contributed by atoms with E-state index in [9.17, 15) is 4.79 Å². The van der Waals surface area contributed by atoms with Crippen LogP contribution in [0.4, 0.5) is 0 Å². The van der Waals surface area contributed by atoms with E-state index in [-0.39, 0.29) is 5.78 Å². The summed E-state index contributed by atoms with van der Waals surface area (Å²) in [6.45, 7) is 0.486. The molecule has 1 aliphatic rings. The molecule has 3 aromatic rings. The van der Waals surface area contributed by atoms with Crippen molar-refractivity contribution in [2.45, 2.75) is 17.5 Å². The molecular weight excluding hydrogens is 528 g/mol. The molecule has 1 aliphatic heterocycles. The standard InChI is InChI=1S/C24H20Br2O5/c1-28-17-12-18(29-2)20(25)24-19(17)22(27)21(26)23(31-24)15-8-10-16(11-9-15)30-13-14-6-4-3-5-7-14/h3-12,21,23H,13H2,1-2H3. The summed E-state index contributed by atoms with van der Waals surface area (Å²) in [5, 5.41) is 0. The minimum absolute atomic E-state index is 0.115. The van der Waals surface area contributed by atoms with Crippen LogP contribution in [-0.2, 0) is 6.61 Å². The molecule has 0 amide bonds. The van der Waals surface area contributed by atoms with Gasteiger partial charge in [0.15, 0.2) is 11.5 Å². The number of ketones is 1. The molecule has 0 bridgehead atoms. The number of fused-ring (bicyclic) bond motifs is 1. The van der Waals surface area contributed by atoms with Gasteiger partial charge < -0.3 is 18.9 Å². The van der Waals surface area contributed by atoms with Crippen LogP contribution in [0.5, 0.6) is 23.0 Å². The summed E-state index contributed by atoms with van der Waals surface area (Å²) in [6.07, 6.45) is -0.517. The maximum absolute atomic E-state index is 13.2. The number of halogens is 2. The van der Waals surface area contributed by atoms with Gasteiger partial charge in [-0.2, -0.15) is 0 Å². The number of hydrogen-bond acceptors (Lipinski definition) is 5. The average molecular weight is 548 g/mol. The van der Waals surface area contributed by atoms with E-state index in [1.165, 1.54) is 7.11 Å². The van der Waals surface area contributed by atoms with Crippen molar-refractivity contribution < 1.29 is 23.7 Å². The molecule has 31 heavy (non-hydrogen) atoms. The first-order valence-electron chi connectivity index (χ1n) is 9.59. The van der Waals surface area contributed by atoms with Crippen molar-refractivity contribution in [3.8, 4) is 23.0 Å². The highest BCUT2D eigenvalue weighted by molar-refractivity contribution is 9.10. The highest BCUT2D eigenvalue weighted by Gasteiger charge is 2.40. The summed E-state index contributed by atoms with van der Waals surface area (Å²) in [7, 11) is 3.06. The van der Waals surface area contributed by atoms with Crippen LogP contribution in [-0.4, -0.2) is 24.8 Å². The monoisotopic (exact) mass is 546 g/mol. The van der Waals surface area contributed by atoms with Crippen LogP contribution < -0.4 is 18.9 Å². The number of Topliss-reactive ketones (excluding diaryl/α,β-unsaturated/α-hetero) is 1. The van der Waals surface area contributed by atoms with Crippen molar-refractivity contribution >= 4 is 37.6 Å². The second-order valence-electron chi connectivity index (χ2n) is 6.95. The van der Waals surface area contributed by atoms with Gasteiger partial charge in [-0.3, -0.25) is 4.79 Å². The predicted molar refractivity (Wildman–Crippen MR) is 125 cm³/mol. The Bertz CT molecular complexity index is 1080. The smallest absolute Gasteiger partial charge is 0.188 e. The molecule has 2 atom stereocenters. The third-order valence-electron chi connectivity index (χ3n) is 5.06. The normalized spacial score (nSPS) is 17.5. The van der Waals surface area contributed by atoms with Crippen LogP contribution in [0.2, 0.25) is 0 Å². The predicted octanol–water partition coefficient (Wildman–Crippen LogP) is 6.13. The van der Waals surface area contributed by atoms with Gasteiger partial charge in [-0.25, -0.2) is 0 Å². The Morgan fingerprint density at radius 3 is 2.29 bits per heavy atom. The molecular formula is C24H20Br2O5. The Hall–Kier alpha value is -2.51. The van der Waals surface area contributed by atoms with Crippen molar-refractivity contribution in [2.24, 2.45) is 0 Å². The zero-order valence-electron chi connectivity index (χ0n) is 16.9. The fourth-order valence-corrected chi connectivity index (χ4v) is 4.65. The maximum atomic E-state index is 13.2. The van der Waals surface area contributed by atoms with E-state index in [0.29, 0.717) is 33.9 Å². The molecule has 0 spiro atoms. The van der Waals surface area contributed by atoms with Crippen LogP contribution >= 0.6 is 31.9 Å². The van der Waals surface area contributed by atoms with Crippen molar-refractivity contribution in [1.29, 1.82) is 0 Å². The Morgan fingerprint density at radius 1 is 0.968 bits per heavy atom. The van der Waals surface area contributed by atoms with Gasteiger partial charge in [0, 0.05) is 6.07 Å². The Kier molecular flexibility index (Phi) is 6.53. The van der Waals surface area contributed by atoms with Gasteiger partial charge in [0.05, 0.1) is 14.2 Å². The van der Waals surface area contributed by atoms with Gasteiger partial charge in [0.25, 0.3) is 0 Å². The van der Waals surface area contributed by atoms with Crippen molar-refractivity contribution in [2.75, 3.05) is 14.2 Å². The van der Waals surface area contributed by atoms with Crippen LogP contribution in [0.25, 0.3) is 0 Å². The van der Waals surface area contributed by atoms with Gasteiger partial charge in [-0.15, -0.1) is 0 Å². The first kappa shape index (κ1) is 21.7. The maximum Gasteiger partial charge on any atom is 0.188 e. The van der Waals surface area contributed by atoms with Crippen molar-refractivity contribution in [3.63, 3.8) is 0 Å². The van der Waals surface area contributed by atoms with Crippen LogP contribution in [0.3, 0.4) is 0 Å². The average Bonchev–Trinajstić information content (AvgIpc) is 2.81. The van der Waals surface area contributed by atoms with E-state index in [0.717, 1.165) is 16.9 Å². The van der Waals surface area contributed by atoms with Gasteiger partial charge in [-0.05, 0) is 39.2 Å². The summed E-state index contributed by atoms with van der Waals surface area (Å²) in [5.41, 5.74) is 2.33. The molecule has 0 saturated heterocycles. The summed E-state index contributed by atoms with van der Waals surface area (Å²) >= 11 is 7.02. The topological polar surface area (TPSA) is 54.0 Å². The van der Waals surface area contributed by atoms with E-state index in [2.05, 4.69) is 31.9 Å². The Morgan fingerprint density at radius 2 is 1.65 bits per heavy atom. The van der Waals surface area contributed by atoms with Crippen LogP contribution in [0.1, 0.15) is 27.6 Å². The summed E-state index contributed by atoms with van der Waals surface area (Å²) in [5.74, 6) is 1.97. The molecule has 0 N–H and O–H groups in total. The number of carbonyl (C=O) groups excluding carboxylic acids is 1. The van der Waals surface area contributed by atoms with Crippen molar-refractivity contribution in [1.82, 2.24) is 0 Å². The second kappa shape index (κ2) is 9.32. The zero-order valence-corrected chi connectivity index (χ0v) is 20.1. The van der Waals surface area contributed by atoms with Crippen LogP contribution in [0, 0.1) is 0 Å². The van der Waals surface area contributed by atoms with Gasteiger partial charge in [0.1, 0.15) is 44.8 Å². The number of rotatable bonds is 6. The van der Waals surface area contributed by atoms with Gasteiger partial charge in [0.2, 0.25) is 0 Å². The molecule has 0 saturated carbocycles. The van der Waals surface area contributed by atoms with E-state index in [4.69, 9.17) is 18.9 Å². The third kappa shape index (κ3) is 4.29. The molecule has 0 fully saturated rings. The lowest BCUT2D eigenvalue weighted by atomic mass is 9.95. The number of carbonyl (C=O) groups is 1. The summed E-state index contributed by atoms with van der Waals surface area (Å²) in [6, 6.07) is 19.2. The van der Waals surface area contributed by atoms with Crippen LogP contribution in [0.15, 0.2) is 65.1 Å². The van der Waals surface area contributed by atoms with E-state index in [1.54, 1.807) is 13.2 Å². The fraction of sp³-hybridized carbons (Fsp3) is 0.208. The number of methoxy groups -OCH3 is 2. The molecule has 0 aliphatic carbocycles.